The van der Waals surface area contributed by atoms with Crippen LogP contribution in [0, 0.1) is 5.82 Å². The van der Waals surface area contributed by atoms with Gasteiger partial charge in [-0.15, -0.1) is 0 Å². The lowest BCUT2D eigenvalue weighted by Crippen LogP contribution is -2.60. The van der Waals surface area contributed by atoms with Crippen molar-refractivity contribution in [2.24, 2.45) is 0 Å². The fourth-order valence-electron chi connectivity index (χ4n) is 11.6. The highest BCUT2D eigenvalue weighted by Gasteiger charge is 2.72. The molecule has 5 N–H and O–H groups in total. The number of allylic oxidation sites excluding steroid dienone is 1. The predicted octanol–water partition coefficient (Wildman–Crippen LogP) is 6.36. The van der Waals surface area contributed by atoms with E-state index in [2.05, 4.69) is 43.0 Å². The maximum Gasteiger partial charge on any atom is 0.264 e. The van der Waals surface area contributed by atoms with Gasteiger partial charge in [0.05, 0.1) is 27.9 Å². The van der Waals surface area contributed by atoms with Crippen molar-refractivity contribution in [1.29, 1.82) is 0 Å². The summed E-state index contributed by atoms with van der Waals surface area (Å²) in [6, 6.07) is 19.7. The van der Waals surface area contributed by atoms with Crippen LogP contribution in [0.15, 0.2) is 91.1 Å². The molecular weight excluding hydrogens is 899 g/mol. The largest absolute Gasteiger partial charge is 0.368 e. The van der Waals surface area contributed by atoms with E-state index in [-0.39, 0.29) is 22.4 Å². The van der Waals surface area contributed by atoms with Crippen molar-refractivity contribution in [3.8, 4) is 0 Å². The molecule has 67 heavy (non-hydrogen) atoms. The first kappa shape index (κ1) is 44.7. The summed E-state index contributed by atoms with van der Waals surface area (Å²) in [5.74, 6) is -4.09. The van der Waals surface area contributed by atoms with Crippen molar-refractivity contribution >= 4 is 75.7 Å². The average molecular weight is 948 g/mol. The third-order valence-electron chi connectivity index (χ3n) is 14.7. The highest BCUT2D eigenvalue weighted by atomic mass is 35.5. The van der Waals surface area contributed by atoms with Gasteiger partial charge < -0.3 is 26.2 Å². The quantitative estimate of drug-likeness (QED) is 0.120. The molecule has 6 aliphatic rings. The molecule has 4 aromatic carbocycles. The van der Waals surface area contributed by atoms with E-state index >= 15 is 4.39 Å². The zero-order chi connectivity index (χ0) is 46.8. The van der Waals surface area contributed by atoms with Gasteiger partial charge in [0.15, 0.2) is 0 Å². The molecule has 4 aromatic rings. The average Bonchev–Trinajstić information content (AvgIpc) is 3.88. The van der Waals surface area contributed by atoms with Crippen LogP contribution in [0.25, 0.3) is 0 Å². The maximum absolute atomic E-state index is 16.3. The van der Waals surface area contributed by atoms with Gasteiger partial charge in [0.1, 0.15) is 17.3 Å². The molecule has 2 spiro atoms. The molecule has 1 aliphatic carbocycles. The van der Waals surface area contributed by atoms with Gasteiger partial charge in [0, 0.05) is 78.4 Å². The van der Waals surface area contributed by atoms with Gasteiger partial charge in [-0.05, 0) is 91.4 Å². The Morgan fingerprint density at radius 3 is 2.36 bits per heavy atom. The number of amides is 6. The molecular formula is C50H49Cl2FN8O6. The Morgan fingerprint density at radius 2 is 1.61 bits per heavy atom. The summed E-state index contributed by atoms with van der Waals surface area (Å²) in [6.45, 7) is 7.24. The molecule has 6 amide bonds. The Morgan fingerprint density at radius 1 is 0.866 bits per heavy atom. The van der Waals surface area contributed by atoms with Crippen LogP contribution < -0.4 is 31.5 Å². The van der Waals surface area contributed by atoms with Gasteiger partial charge in [-0.2, -0.15) is 0 Å². The van der Waals surface area contributed by atoms with E-state index in [1.54, 1.807) is 60.7 Å². The minimum Gasteiger partial charge on any atom is -0.368 e. The monoisotopic (exact) mass is 946 g/mol. The fourth-order valence-corrected chi connectivity index (χ4v) is 12.0. The smallest absolute Gasteiger partial charge is 0.264 e. The summed E-state index contributed by atoms with van der Waals surface area (Å²) in [4.78, 5) is 87.8. The van der Waals surface area contributed by atoms with Crippen LogP contribution in [0.1, 0.15) is 93.1 Å². The second kappa shape index (κ2) is 17.5. The number of hydrogen-bond donors (Lipinski definition) is 5. The predicted molar refractivity (Wildman–Crippen MR) is 252 cm³/mol. The number of carbonyl (C=O) groups is 6. The highest BCUT2D eigenvalue weighted by Crippen LogP contribution is 2.63. The summed E-state index contributed by atoms with van der Waals surface area (Å²) in [5, 5.41) is 15.6. The zero-order valence-electron chi connectivity index (χ0n) is 36.6. The molecule has 4 fully saturated rings. The van der Waals surface area contributed by atoms with Gasteiger partial charge in [0.25, 0.3) is 17.7 Å². The first-order valence-corrected chi connectivity index (χ1v) is 23.6. The summed E-state index contributed by atoms with van der Waals surface area (Å²) >= 11 is 12.8. The van der Waals surface area contributed by atoms with Gasteiger partial charge in [-0.25, -0.2) is 4.39 Å². The first-order valence-electron chi connectivity index (χ1n) is 22.8. The molecule has 14 nitrogen and oxygen atoms in total. The number of nitrogens with zero attached hydrogens (tertiary/aromatic N) is 3. The van der Waals surface area contributed by atoms with Crippen LogP contribution in [-0.2, 0) is 19.8 Å². The summed E-state index contributed by atoms with van der Waals surface area (Å²) in [6.07, 6.45) is 4.59. The second-order valence-electron chi connectivity index (χ2n) is 18.3. The molecule has 4 atom stereocenters. The number of benzene rings is 4. The molecule has 0 radical (unpaired) electrons. The number of carbonyl (C=O) groups excluding carboxylic acids is 6. The number of rotatable bonds is 9. The van der Waals surface area contributed by atoms with Crippen LogP contribution in [0.2, 0.25) is 10.0 Å². The van der Waals surface area contributed by atoms with Crippen molar-refractivity contribution in [2.45, 2.75) is 73.9 Å². The van der Waals surface area contributed by atoms with E-state index in [0.29, 0.717) is 115 Å². The number of anilines is 3. The Hall–Kier alpha value is -6.13. The number of halogens is 3. The number of imide groups is 1. The Kier molecular flexibility index (Phi) is 11.7. The number of piperazine rings is 1. The molecule has 1 saturated carbocycles. The zero-order valence-corrected chi connectivity index (χ0v) is 38.1. The van der Waals surface area contributed by atoms with Gasteiger partial charge in [-0.3, -0.25) is 43.9 Å². The van der Waals surface area contributed by atoms with Crippen molar-refractivity contribution in [3.63, 3.8) is 0 Å². The van der Waals surface area contributed by atoms with Crippen LogP contribution in [0.3, 0.4) is 0 Å². The molecule has 17 heteroatoms. The number of fused-ring (bicyclic) bond motifs is 4. The Labute approximate surface area is 396 Å². The topological polar surface area (TPSA) is 172 Å². The molecule has 1 unspecified atom stereocenters. The fraction of sp³-hybridized carbons (Fsp3) is 0.360. The van der Waals surface area contributed by atoms with E-state index in [9.17, 15) is 28.8 Å². The molecule has 3 saturated heterocycles. The van der Waals surface area contributed by atoms with Gasteiger partial charge in [0.2, 0.25) is 17.7 Å². The lowest BCUT2D eigenvalue weighted by Gasteiger charge is -2.47. The SMILES string of the molecule is C=C1CCC(N2C(=O)c3cccc(N4CCN(CCNC(=O)c5ccc(NC(=O)[C@@H]6NC7(CCCCC7)[C@@]7(C(=O)Nc8cc(Cl)ccc87)[C@H]6c6cccc(Cl)c6F)cc5)CC4)c3C2=O)C(=O)N1. The number of hydrogen-bond acceptors (Lipinski definition) is 9. The van der Waals surface area contributed by atoms with E-state index in [4.69, 9.17) is 23.2 Å². The van der Waals surface area contributed by atoms with Crippen LogP contribution in [0.4, 0.5) is 21.5 Å². The van der Waals surface area contributed by atoms with Gasteiger partial charge in [-0.1, -0.05) is 73.3 Å². The molecule has 5 aliphatic heterocycles. The normalized spacial score (nSPS) is 24.5. The second-order valence-corrected chi connectivity index (χ2v) is 19.2. The van der Waals surface area contributed by atoms with Crippen molar-refractivity contribution < 1.29 is 33.2 Å². The Bertz CT molecular complexity index is 2760. The van der Waals surface area contributed by atoms with E-state index in [1.165, 1.54) is 6.07 Å². The van der Waals surface area contributed by atoms with Crippen molar-refractivity contribution in [3.05, 3.63) is 135 Å². The first-order chi connectivity index (χ1) is 32.3. The van der Waals surface area contributed by atoms with Crippen molar-refractivity contribution in [1.82, 2.24) is 25.8 Å². The van der Waals surface area contributed by atoms with Gasteiger partial charge >= 0.3 is 0 Å². The van der Waals surface area contributed by atoms with E-state index < -0.39 is 58.4 Å². The third-order valence-corrected chi connectivity index (χ3v) is 15.2. The summed E-state index contributed by atoms with van der Waals surface area (Å²) < 4.78 is 16.3. The highest BCUT2D eigenvalue weighted by molar-refractivity contribution is 6.31. The standard InChI is InChI=1S/C50H49Cl2FN8O6/c1-28-11-18-38(44(63)55-28)61-46(65)32-7-6-10-37(39(32)47(61)66)60-25-23-59(24-26-60)22-21-54-43(62)29-12-15-31(16-13-29)56-45(64)42-40(33-8-5-9-35(52)41(33)53)50(49(58-42)19-3-2-4-20-49)34-17-14-30(51)27-36(34)57-48(50)67/h5-10,12-17,27,38,40,42,58H,1-4,11,18-26H2,(H,54,62)(H,55,63)(H,56,64)(H,57,67)/t38?,40-,42+,50+/m0/s1. The Balaban J connectivity index is 0.783. The van der Waals surface area contributed by atoms with Crippen LogP contribution in [0.5, 0.6) is 0 Å². The molecule has 10 rings (SSSR count). The third kappa shape index (κ3) is 7.47. The van der Waals surface area contributed by atoms with Crippen LogP contribution >= 0.6 is 23.2 Å². The minimum absolute atomic E-state index is 0.111. The van der Waals surface area contributed by atoms with E-state index in [1.807, 2.05) is 12.1 Å². The lowest BCUT2D eigenvalue weighted by atomic mass is 9.55. The van der Waals surface area contributed by atoms with Crippen LogP contribution in [-0.4, -0.2) is 102 Å². The summed E-state index contributed by atoms with van der Waals surface area (Å²) in [5.41, 5.74) is 1.76. The molecule has 5 heterocycles. The number of nitrogens with one attached hydrogen (secondary N) is 5. The van der Waals surface area contributed by atoms with E-state index in [0.717, 1.165) is 24.2 Å². The molecule has 346 valence electrons. The molecule has 0 bridgehead atoms. The lowest BCUT2D eigenvalue weighted by molar-refractivity contribution is -0.125. The molecule has 0 aromatic heterocycles. The summed E-state index contributed by atoms with van der Waals surface area (Å²) in [7, 11) is 0. The number of piperidine rings is 1. The van der Waals surface area contributed by atoms with Crippen molar-refractivity contribution in [2.75, 3.05) is 54.8 Å². The maximum atomic E-state index is 16.3. The minimum atomic E-state index is -1.37.